The van der Waals surface area contributed by atoms with Crippen molar-refractivity contribution in [3.05, 3.63) is 63.9 Å². The number of hydrogen-bond acceptors (Lipinski definition) is 2. The van der Waals surface area contributed by atoms with Gasteiger partial charge in [-0.15, -0.1) is 0 Å². The molecular formula is C18H21BrN2O. The molecule has 0 saturated heterocycles. The molecule has 1 heterocycles. The lowest BCUT2D eigenvalue weighted by Crippen LogP contribution is -2.37. The van der Waals surface area contributed by atoms with E-state index in [1.54, 1.807) is 6.20 Å². The number of nitrogens with one attached hydrogen (secondary N) is 1. The summed E-state index contributed by atoms with van der Waals surface area (Å²) in [6.07, 6.45) is 2.12. The third-order valence-electron chi connectivity index (χ3n) is 3.69. The van der Waals surface area contributed by atoms with Gasteiger partial charge >= 0.3 is 0 Å². The van der Waals surface area contributed by atoms with Crippen molar-refractivity contribution in [3.8, 4) is 0 Å². The molecule has 0 aliphatic heterocycles. The Bertz CT molecular complexity index is 633. The lowest BCUT2D eigenvalue weighted by atomic mass is 9.84. The number of halogens is 1. The van der Waals surface area contributed by atoms with Crippen LogP contribution in [0.1, 0.15) is 30.7 Å². The molecule has 0 aliphatic rings. The summed E-state index contributed by atoms with van der Waals surface area (Å²) < 4.78 is 1.06. The smallest absolute Gasteiger partial charge is 0.224 e. The number of nitrogens with zero attached hydrogens (tertiary/aromatic N) is 1. The number of amides is 1. The van der Waals surface area contributed by atoms with E-state index >= 15 is 0 Å². The van der Waals surface area contributed by atoms with E-state index in [9.17, 15) is 4.79 Å². The van der Waals surface area contributed by atoms with Gasteiger partial charge in [0.1, 0.15) is 0 Å². The van der Waals surface area contributed by atoms with Crippen LogP contribution in [0.25, 0.3) is 0 Å². The van der Waals surface area contributed by atoms with E-state index in [4.69, 9.17) is 0 Å². The second kappa shape index (κ2) is 7.05. The summed E-state index contributed by atoms with van der Waals surface area (Å²) in [7, 11) is 0. The number of aromatic nitrogens is 1. The lowest BCUT2D eigenvalue weighted by Gasteiger charge is -2.25. The van der Waals surface area contributed by atoms with Crippen LogP contribution in [0.15, 0.2) is 47.1 Å². The van der Waals surface area contributed by atoms with Crippen LogP contribution in [0, 0.1) is 6.92 Å². The van der Waals surface area contributed by atoms with Gasteiger partial charge in [0.05, 0.1) is 6.42 Å². The molecule has 0 atom stereocenters. The van der Waals surface area contributed by atoms with Crippen LogP contribution in [0.2, 0.25) is 0 Å². The first kappa shape index (κ1) is 16.7. The first-order valence-electron chi connectivity index (χ1n) is 7.31. The SMILES string of the molecule is Cc1ccc(CC(=O)NCC(C)(C)c2ccc(Br)cc2)cn1. The normalized spacial score (nSPS) is 11.3. The molecule has 1 amide bonds. The Morgan fingerprint density at radius 1 is 1.18 bits per heavy atom. The van der Waals surface area contributed by atoms with Crippen LogP contribution in [-0.4, -0.2) is 17.4 Å². The second-order valence-corrected chi connectivity index (χ2v) is 7.07. The summed E-state index contributed by atoms with van der Waals surface area (Å²) in [5, 5.41) is 3.02. The van der Waals surface area contributed by atoms with Gasteiger partial charge in [-0.3, -0.25) is 9.78 Å². The molecule has 0 saturated carbocycles. The minimum absolute atomic E-state index is 0.0239. The van der Waals surface area contributed by atoms with Gasteiger partial charge in [-0.25, -0.2) is 0 Å². The zero-order valence-electron chi connectivity index (χ0n) is 13.2. The van der Waals surface area contributed by atoms with Gasteiger partial charge in [0.2, 0.25) is 5.91 Å². The molecule has 0 fully saturated rings. The van der Waals surface area contributed by atoms with E-state index in [0.29, 0.717) is 13.0 Å². The van der Waals surface area contributed by atoms with Crippen LogP contribution in [0.3, 0.4) is 0 Å². The Kier molecular flexibility index (Phi) is 5.35. The highest BCUT2D eigenvalue weighted by molar-refractivity contribution is 9.10. The van der Waals surface area contributed by atoms with Crippen molar-refractivity contribution < 1.29 is 4.79 Å². The Morgan fingerprint density at radius 2 is 1.86 bits per heavy atom. The number of carbonyl (C=O) groups is 1. The van der Waals surface area contributed by atoms with E-state index in [1.807, 2.05) is 31.2 Å². The van der Waals surface area contributed by atoms with Crippen LogP contribution >= 0.6 is 15.9 Å². The Balaban J connectivity index is 1.92. The average Bonchev–Trinajstić information content (AvgIpc) is 2.48. The Labute approximate surface area is 140 Å². The standard InChI is InChI=1S/C18H21BrN2O/c1-13-4-5-14(11-20-13)10-17(22)21-12-18(2,3)15-6-8-16(19)9-7-15/h4-9,11H,10,12H2,1-3H3,(H,21,22). The fraction of sp³-hybridized carbons (Fsp3) is 0.333. The number of benzene rings is 1. The number of aryl methyl sites for hydroxylation is 1. The highest BCUT2D eigenvalue weighted by Gasteiger charge is 2.21. The summed E-state index contributed by atoms with van der Waals surface area (Å²) in [6.45, 7) is 6.80. The maximum Gasteiger partial charge on any atom is 0.224 e. The van der Waals surface area contributed by atoms with Gasteiger partial charge in [0, 0.05) is 28.3 Å². The Hall–Kier alpha value is -1.68. The third-order valence-corrected chi connectivity index (χ3v) is 4.22. The predicted octanol–water partition coefficient (Wildman–Crippen LogP) is 3.79. The average molecular weight is 361 g/mol. The molecule has 22 heavy (non-hydrogen) atoms. The van der Waals surface area contributed by atoms with Crippen molar-refractivity contribution in [2.75, 3.05) is 6.54 Å². The minimum Gasteiger partial charge on any atom is -0.355 e. The van der Waals surface area contributed by atoms with Crippen LogP contribution in [-0.2, 0) is 16.6 Å². The highest BCUT2D eigenvalue weighted by Crippen LogP contribution is 2.24. The third kappa shape index (κ3) is 4.67. The molecule has 4 heteroatoms. The lowest BCUT2D eigenvalue weighted by molar-refractivity contribution is -0.120. The van der Waals surface area contributed by atoms with Crippen molar-refractivity contribution in [2.24, 2.45) is 0 Å². The second-order valence-electron chi connectivity index (χ2n) is 6.15. The van der Waals surface area contributed by atoms with Crippen LogP contribution in [0.5, 0.6) is 0 Å². The summed E-state index contributed by atoms with van der Waals surface area (Å²) in [4.78, 5) is 16.3. The first-order valence-corrected chi connectivity index (χ1v) is 8.10. The molecule has 116 valence electrons. The maximum absolute atomic E-state index is 12.1. The van der Waals surface area contributed by atoms with Gasteiger partial charge in [-0.1, -0.05) is 48.0 Å². The number of pyridine rings is 1. The van der Waals surface area contributed by atoms with E-state index < -0.39 is 0 Å². The molecule has 3 nitrogen and oxygen atoms in total. The van der Waals surface area contributed by atoms with E-state index in [0.717, 1.165) is 15.7 Å². The topological polar surface area (TPSA) is 42.0 Å². The first-order chi connectivity index (χ1) is 10.4. The summed E-state index contributed by atoms with van der Waals surface area (Å²) >= 11 is 3.44. The summed E-state index contributed by atoms with van der Waals surface area (Å²) in [5.41, 5.74) is 2.99. The molecule has 2 rings (SSSR count). The fourth-order valence-electron chi connectivity index (χ4n) is 2.17. The quantitative estimate of drug-likeness (QED) is 0.881. The van der Waals surface area contributed by atoms with Crippen molar-refractivity contribution in [1.82, 2.24) is 10.3 Å². The van der Waals surface area contributed by atoms with Crippen molar-refractivity contribution in [1.29, 1.82) is 0 Å². The number of rotatable bonds is 5. The molecular weight excluding hydrogens is 340 g/mol. The van der Waals surface area contributed by atoms with Gasteiger partial charge in [0.25, 0.3) is 0 Å². The van der Waals surface area contributed by atoms with Gasteiger partial charge in [-0.05, 0) is 36.2 Å². The van der Waals surface area contributed by atoms with Crippen molar-refractivity contribution >= 4 is 21.8 Å². The Morgan fingerprint density at radius 3 is 2.45 bits per heavy atom. The van der Waals surface area contributed by atoms with Gasteiger partial charge in [-0.2, -0.15) is 0 Å². The van der Waals surface area contributed by atoms with Crippen molar-refractivity contribution in [2.45, 2.75) is 32.6 Å². The molecule has 2 aromatic rings. The molecule has 0 unspecified atom stereocenters. The monoisotopic (exact) mass is 360 g/mol. The zero-order chi connectivity index (χ0) is 16.2. The maximum atomic E-state index is 12.1. The molecule has 0 aliphatic carbocycles. The molecule has 0 radical (unpaired) electrons. The van der Waals surface area contributed by atoms with E-state index in [2.05, 4.69) is 52.2 Å². The largest absolute Gasteiger partial charge is 0.355 e. The number of hydrogen-bond donors (Lipinski definition) is 1. The molecule has 1 N–H and O–H groups in total. The van der Waals surface area contributed by atoms with Crippen molar-refractivity contribution in [3.63, 3.8) is 0 Å². The van der Waals surface area contributed by atoms with Crippen LogP contribution < -0.4 is 5.32 Å². The fourth-order valence-corrected chi connectivity index (χ4v) is 2.44. The molecule has 0 spiro atoms. The predicted molar refractivity (Wildman–Crippen MR) is 92.9 cm³/mol. The highest BCUT2D eigenvalue weighted by atomic mass is 79.9. The minimum atomic E-state index is -0.109. The van der Waals surface area contributed by atoms with Gasteiger partial charge in [0.15, 0.2) is 0 Å². The van der Waals surface area contributed by atoms with E-state index in [1.165, 1.54) is 5.56 Å². The summed E-state index contributed by atoms with van der Waals surface area (Å²) in [6, 6.07) is 12.1. The zero-order valence-corrected chi connectivity index (χ0v) is 14.8. The molecule has 1 aromatic heterocycles. The van der Waals surface area contributed by atoms with Gasteiger partial charge < -0.3 is 5.32 Å². The van der Waals surface area contributed by atoms with E-state index in [-0.39, 0.29) is 11.3 Å². The molecule has 0 bridgehead atoms. The van der Waals surface area contributed by atoms with Crippen LogP contribution in [0.4, 0.5) is 0 Å². The molecule has 1 aromatic carbocycles. The summed E-state index contributed by atoms with van der Waals surface area (Å²) in [5.74, 6) is 0.0239. The number of carbonyl (C=O) groups excluding carboxylic acids is 1.